The molecule has 0 bridgehead atoms. The molecule has 0 aromatic heterocycles. The maximum atomic E-state index is 11.4. The van der Waals surface area contributed by atoms with Gasteiger partial charge in [-0.3, -0.25) is 9.69 Å². The molecule has 86 valence electrons. The van der Waals surface area contributed by atoms with E-state index in [0.29, 0.717) is 13.1 Å². The Bertz CT molecular complexity index is 219. The summed E-state index contributed by atoms with van der Waals surface area (Å²) < 4.78 is 5.53. The molecule has 0 aromatic carbocycles. The van der Waals surface area contributed by atoms with Crippen LogP contribution in [0.2, 0.25) is 0 Å². The second-order valence-corrected chi connectivity index (χ2v) is 3.73. The Morgan fingerprint density at radius 1 is 1.73 bits per heavy atom. The Kier molecular flexibility index (Phi) is 5.36. The van der Waals surface area contributed by atoms with Crippen molar-refractivity contribution in [2.45, 2.75) is 19.4 Å². The molecule has 1 fully saturated rings. The number of nitrogens with zero attached hydrogens (tertiary/aromatic N) is 1. The third-order valence-corrected chi connectivity index (χ3v) is 2.49. The second kappa shape index (κ2) is 6.58. The summed E-state index contributed by atoms with van der Waals surface area (Å²) in [7, 11) is 0. The lowest BCUT2D eigenvalue weighted by molar-refractivity contribution is -0.124. The van der Waals surface area contributed by atoms with E-state index in [9.17, 15) is 4.79 Å². The van der Waals surface area contributed by atoms with Gasteiger partial charge < -0.3 is 10.1 Å². The first-order valence-electron chi connectivity index (χ1n) is 5.47. The first-order valence-corrected chi connectivity index (χ1v) is 5.47. The SMILES string of the molecule is C=CCNC(=O)CN1CCO[C@H](CC)C1. The fourth-order valence-corrected chi connectivity index (χ4v) is 1.62. The zero-order valence-corrected chi connectivity index (χ0v) is 9.37. The molecule has 4 heteroatoms. The van der Waals surface area contributed by atoms with E-state index in [1.165, 1.54) is 0 Å². The van der Waals surface area contributed by atoms with Gasteiger partial charge in [0.25, 0.3) is 0 Å². The van der Waals surface area contributed by atoms with Gasteiger partial charge in [0.2, 0.25) is 5.91 Å². The summed E-state index contributed by atoms with van der Waals surface area (Å²) in [6.45, 7) is 9.10. The van der Waals surface area contributed by atoms with E-state index in [2.05, 4.69) is 23.7 Å². The molecular weight excluding hydrogens is 192 g/mol. The van der Waals surface area contributed by atoms with Crippen LogP contribution >= 0.6 is 0 Å². The van der Waals surface area contributed by atoms with Crippen LogP contribution in [0.5, 0.6) is 0 Å². The number of carbonyl (C=O) groups is 1. The quantitative estimate of drug-likeness (QED) is 0.671. The molecule has 15 heavy (non-hydrogen) atoms. The number of carbonyl (C=O) groups excluding carboxylic acids is 1. The highest BCUT2D eigenvalue weighted by molar-refractivity contribution is 5.78. The Balaban J connectivity index is 2.24. The number of ether oxygens (including phenoxy) is 1. The lowest BCUT2D eigenvalue weighted by Gasteiger charge is -2.31. The van der Waals surface area contributed by atoms with Crippen molar-refractivity contribution in [1.82, 2.24) is 10.2 Å². The number of hydrogen-bond donors (Lipinski definition) is 1. The molecule has 1 aliphatic rings. The molecule has 1 atom stereocenters. The highest BCUT2D eigenvalue weighted by atomic mass is 16.5. The second-order valence-electron chi connectivity index (χ2n) is 3.73. The Morgan fingerprint density at radius 3 is 3.20 bits per heavy atom. The molecule has 0 radical (unpaired) electrons. The van der Waals surface area contributed by atoms with Gasteiger partial charge in [0, 0.05) is 19.6 Å². The smallest absolute Gasteiger partial charge is 0.234 e. The Labute approximate surface area is 91.3 Å². The minimum Gasteiger partial charge on any atom is -0.376 e. The van der Waals surface area contributed by atoms with Crippen molar-refractivity contribution >= 4 is 5.91 Å². The lowest BCUT2D eigenvalue weighted by atomic mass is 10.2. The standard InChI is InChI=1S/C11H20N2O2/c1-3-5-12-11(14)9-13-6-7-15-10(4-2)8-13/h3,10H,1,4-9H2,2H3,(H,12,14)/t10-/m1/s1. The molecule has 1 rings (SSSR count). The fourth-order valence-electron chi connectivity index (χ4n) is 1.62. The van der Waals surface area contributed by atoms with Gasteiger partial charge >= 0.3 is 0 Å². The number of hydrogen-bond acceptors (Lipinski definition) is 3. The fraction of sp³-hybridized carbons (Fsp3) is 0.727. The molecule has 4 nitrogen and oxygen atoms in total. The van der Waals surface area contributed by atoms with Crippen LogP contribution in [0.4, 0.5) is 0 Å². The Morgan fingerprint density at radius 2 is 2.53 bits per heavy atom. The van der Waals surface area contributed by atoms with Crippen LogP contribution in [-0.2, 0) is 9.53 Å². The van der Waals surface area contributed by atoms with Crippen molar-refractivity contribution < 1.29 is 9.53 Å². The van der Waals surface area contributed by atoms with E-state index in [0.717, 1.165) is 26.1 Å². The molecule has 1 N–H and O–H groups in total. The minimum absolute atomic E-state index is 0.0617. The topological polar surface area (TPSA) is 41.6 Å². The van der Waals surface area contributed by atoms with Crippen LogP contribution in [0, 0.1) is 0 Å². The molecule has 0 saturated carbocycles. The average Bonchev–Trinajstić information content (AvgIpc) is 2.26. The van der Waals surface area contributed by atoms with E-state index in [-0.39, 0.29) is 12.0 Å². The number of nitrogens with one attached hydrogen (secondary N) is 1. The zero-order chi connectivity index (χ0) is 11.1. The molecule has 1 aliphatic heterocycles. The van der Waals surface area contributed by atoms with Crippen LogP contribution in [0.3, 0.4) is 0 Å². The van der Waals surface area contributed by atoms with Gasteiger partial charge in [-0.1, -0.05) is 13.0 Å². The monoisotopic (exact) mass is 212 g/mol. The summed E-state index contributed by atoms with van der Waals surface area (Å²) in [5, 5.41) is 2.77. The van der Waals surface area contributed by atoms with Gasteiger partial charge in [-0.05, 0) is 6.42 Å². The minimum atomic E-state index is 0.0617. The van der Waals surface area contributed by atoms with Gasteiger partial charge in [0.15, 0.2) is 0 Å². The molecular formula is C11H20N2O2. The van der Waals surface area contributed by atoms with Crippen LogP contribution in [0.1, 0.15) is 13.3 Å². The van der Waals surface area contributed by atoms with Gasteiger partial charge in [-0.25, -0.2) is 0 Å². The summed E-state index contributed by atoms with van der Waals surface area (Å²) in [6, 6.07) is 0. The predicted octanol–water partition coefficient (Wildman–Crippen LogP) is 0.399. The van der Waals surface area contributed by atoms with Gasteiger partial charge in [0.1, 0.15) is 0 Å². The van der Waals surface area contributed by atoms with Crippen molar-refractivity contribution in [1.29, 1.82) is 0 Å². The van der Waals surface area contributed by atoms with Gasteiger partial charge in [-0.15, -0.1) is 6.58 Å². The van der Waals surface area contributed by atoms with Crippen LogP contribution in [0.25, 0.3) is 0 Å². The van der Waals surface area contributed by atoms with Crippen LogP contribution in [0.15, 0.2) is 12.7 Å². The molecule has 0 spiro atoms. The van der Waals surface area contributed by atoms with Crippen molar-refractivity contribution in [3.05, 3.63) is 12.7 Å². The lowest BCUT2D eigenvalue weighted by Crippen LogP contribution is -2.46. The van der Waals surface area contributed by atoms with E-state index in [1.807, 2.05) is 0 Å². The van der Waals surface area contributed by atoms with E-state index >= 15 is 0 Å². The van der Waals surface area contributed by atoms with Crippen molar-refractivity contribution in [2.75, 3.05) is 32.8 Å². The molecule has 1 saturated heterocycles. The molecule has 0 aromatic rings. The first-order chi connectivity index (χ1) is 7.26. The number of amides is 1. The predicted molar refractivity (Wildman–Crippen MR) is 59.7 cm³/mol. The maximum Gasteiger partial charge on any atom is 0.234 e. The summed E-state index contributed by atoms with van der Waals surface area (Å²) in [5.74, 6) is 0.0617. The maximum absolute atomic E-state index is 11.4. The van der Waals surface area contributed by atoms with E-state index in [4.69, 9.17) is 4.74 Å². The first kappa shape index (κ1) is 12.2. The largest absolute Gasteiger partial charge is 0.376 e. The number of morpholine rings is 1. The molecule has 1 amide bonds. The van der Waals surface area contributed by atoms with Gasteiger partial charge in [0.05, 0.1) is 19.3 Å². The zero-order valence-electron chi connectivity index (χ0n) is 9.37. The summed E-state index contributed by atoms with van der Waals surface area (Å²) in [5.41, 5.74) is 0. The van der Waals surface area contributed by atoms with Crippen LogP contribution in [-0.4, -0.2) is 49.7 Å². The van der Waals surface area contributed by atoms with Crippen LogP contribution < -0.4 is 5.32 Å². The summed E-state index contributed by atoms with van der Waals surface area (Å²) in [6.07, 6.45) is 2.97. The molecule has 0 aliphatic carbocycles. The third kappa shape index (κ3) is 4.44. The summed E-state index contributed by atoms with van der Waals surface area (Å²) in [4.78, 5) is 13.6. The molecule has 0 unspecified atom stereocenters. The van der Waals surface area contributed by atoms with Crippen molar-refractivity contribution in [3.63, 3.8) is 0 Å². The van der Waals surface area contributed by atoms with Crippen molar-refractivity contribution in [3.8, 4) is 0 Å². The average molecular weight is 212 g/mol. The highest BCUT2D eigenvalue weighted by Gasteiger charge is 2.20. The third-order valence-electron chi connectivity index (χ3n) is 2.49. The highest BCUT2D eigenvalue weighted by Crippen LogP contribution is 2.07. The Hall–Kier alpha value is -0.870. The normalized spacial score (nSPS) is 22.3. The van der Waals surface area contributed by atoms with Crippen molar-refractivity contribution in [2.24, 2.45) is 0 Å². The van der Waals surface area contributed by atoms with E-state index < -0.39 is 0 Å². The summed E-state index contributed by atoms with van der Waals surface area (Å²) >= 11 is 0. The molecule has 1 heterocycles. The number of rotatable bonds is 5. The van der Waals surface area contributed by atoms with Gasteiger partial charge in [-0.2, -0.15) is 0 Å². The van der Waals surface area contributed by atoms with E-state index in [1.54, 1.807) is 6.08 Å².